The Morgan fingerprint density at radius 1 is 1.30 bits per heavy atom. The highest BCUT2D eigenvalue weighted by atomic mass is 16.2. The molecule has 0 atom stereocenters. The standard InChI is InChI=1S/C18H28N4O/c1-5-20-17(21-13-18(2,3)16(23)19-4)22-11-10-14-8-6-7-9-15(14)12-22/h6-9H,5,10-13H2,1-4H3,(H,19,23)(H,20,21). The fourth-order valence-electron chi connectivity index (χ4n) is 2.79. The lowest BCUT2D eigenvalue weighted by atomic mass is 9.93. The SMILES string of the molecule is CCNC(=NCC(C)(C)C(=O)NC)N1CCc2ccccc2C1. The van der Waals surface area contributed by atoms with Crippen molar-refractivity contribution >= 4 is 11.9 Å². The number of guanidine groups is 1. The lowest BCUT2D eigenvalue weighted by Crippen LogP contribution is -2.45. The maximum Gasteiger partial charge on any atom is 0.227 e. The maximum absolute atomic E-state index is 11.9. The predicted molar refractivity (Wildman–Crippen MR) is 94.4 cm³/mol. The van der Waals surface area contributed by atoms with E-state index in [1.165, 1.54) is 11.1 Å². The van der Waals surface area contributed by atoms with E-state index < -0.39 is 5.41 Å². The zero-order valence-corrected chi connectivity index (χ0v) is 14.6. The quantitative estimate of drug-likeness (QED) is 0.658. The Bertz CT molecular complexity index is 580. The van der Waals surface area contributed by atoms with Crippen molar-refractivity contribution in [1.82, 2.24) is 15.5 Å². The number of carbonyl (C=O) groups excluding carboxylic acids is 1. The first kappa shape index (κ1) is 17.3. The zero-order valence-electron chi connectivity index (χ0n) is 14.6. The van der Waals surface area contributed by atoms with E-state index in [0.717, 1.165) is 32.0 Å². The number of benzene rings is 1. The molecule has 1 aromatic rings. The van der Waals surface area contributed by atoms with Crippen LogP contribution in [0.4, 0.5) is 0 Å². The van der Waals surface area contributed by atoms with Gasteiger partial charge in [0, 0.05) is 26.7 Å². The van der Waals surface area contributed by atoms with Crippen molar-refractivity contribution in [2.24, 2.45) is 10.4 Å². The van der Waals surface area contributed by atoms with Crippen molar-refractivity contribution in [3.63, 3.8) is 0 Å². The summed E-state index contributed by atoms with van der Waals surface area (Å²) in [6.07, 6.45) is 1.03. The molecule has 0 saturated heterocycles. The first-order chi connectivity index (χ1) is 11.0. The van der Waals surface area contributed by atoms with Crippen molar-refractivity contribution in [1.29, 1.82) is 0 Å². The molecular weight excluding hydrogens is 288 g/mol. The topological polar surface area (TPSA) is 56.7 Å². The number of rotatable bonds is 4. The summed E-state index contributed by atoms with van der Waals surface area (Å²) in [6, 6.07) is 8.56. The number of aliphatic imine (C=N–C) groups is 1. The van der Waals surface area contributed by atoms with Gasteiger partial charge in [-0.1, -0.05) is 24.3 Å². The summed E-state index contributed by atoms with van der Waals surface area (Å²) in [4.78, 5) is 18.9. The van der Waals surface area contributed by atoms with Crippen LogP contribution in [-0.2, 0) is 17.8 Å². The molecule has 0 unspecified atom stereocenters. The number of nitrogens with one attached hydrogen (secondary N) is 2. The van der Waals surface area contributed by atoms with Gasteiger partial charge in [0.1, 0.15) is 0 Å². The molecule has 0 spiro atoms. The Morgan fingerprint density at radius 3 is 2.65 bits per heavy atom. The highest BCUT2D eigenvalue weighted by molar-refractivity contribution is 5.83. The summed E-state index contributed by atoms with van der Waals surface area (Å²) in [7, 11) is 1.67. The second-order valence-electron chi connectivity index (χ2n) is 6.57. The third-order valence-corrected chi connectivity index (χ3v) is 4.23. The van der Waals surface area contributed by atoms with Crippen LogP contribution in [0.1, 0.15) is 31.9 Å². The highest BCUT2D eigenvalue weighted by Crippen LogP contribution is 2.20. The van der Waals surface area contributed by atoms with Crippen LogP contribution < -0.4 is 10.6 Å². The molecule has 0 bridgehead atoms. The number of nitrogens with zero attached hydrogens (tertiary/aromatic N) is 2. The third kappa shape index (κ3) is 4.24. The van der Waals surface area contributed by atoms with Crippen LogP contribution in [0.5, 0.6) is 0 Å². The highest BCUT2D eigenvalue weighted by Gasteiger charge is 2.27. The fourth-order valence-corrected chi connectivity index (χ4v) is 2.79. The van der Waals surface area contributed by atoms with Crippen LogP contribution in [0, 0.1) is 5.41 Å². The molecule has 2 rings (SSSR count). The molecule has 126 valence electrons. The molecule has 1 amide bonds. The van der Waals surface area contributed by atoms with Gasteiger partial charge in [-0.25, -0.2) is 0 Å². The van der Waals surface area contributed by atoms with Crippen LogP contribution >= 0.6 is 0 Å². The summed E-state index contributed by atoms with van der Waals surface area (Å²) < 4.78 is 0. The van der Waals surface area contributed by atoms with Gasteiger partial charge in [-0.05, 0) is 38.3 Å². The second kappa shape index (κ2) is 7.49. The fraction of sp³-hybridized carbons (Fsp3) is 0.556. The Hall–Kier alpha value is -2.04. The molecule has 0 fully saturated rings. The van der Waals surface area contributed by atoms with Gasteiger partial charge in [-0.2, -0.15) is 0 Å². The van der Waals surface area contributed by atoms with E-state index in [-0.39, 0.29) is 5.91 Å². The van der Waals surface area contributed by atoms with E-state index in [1.807, 2.05) is 13.8 Å². The molecule has 0 saturated carbocycles. The minimum absolute atomic E-state index is 0.0149. The first-order valence-electron chi connectivity index (χ1n) is 8.30. The van der Waals surface area contributed by atoms with E-state index in [1.54, 1.807) is 7.05 Å². The largest absolute Gasteiger partial charge is 0.359 e. The third-order valence-electron chi connectivity index (χ3n) is 4.23. The maximum atomic E-state index is 11.9. The lowest BCUT2D eigenvalue weighted by Gasteiger charge is -2.32. The number of hydrogen-bond donors (Lipinski definition) is 2. The van der Waals surface area contributed by atoms with E-state index in [9.17, 15) is 4.79 Å². The van der Waals surface area contributed by atoms with E-state index in [2.05, 4.69) is 46.7 Å². The Kier molecular flexibility index (Phi) is 5.64. The molecule has 0 aromatic heterocycles. The smallest absolute Gasteiger partial charge is 0.227 e. The number of carbonyl (C=O) groups is 1. The van der Waals surface area contributed by atoms with Gasteiger partial charge < -0.3 is 15.5 Å². The molecule has 5 heteroatoms. The molecule has 23 heavy (non-hydrogen) atoms. The molecule has 5 nitrogen and oxygen atoms in total. The van der Waals surface area contributed by atoms with Crippen molar-refractivity contribution in [2.45, 2.75) is 33.7 Å². The second-order valence-corrected chi connectivity index (χ2v) is 6.57. The average Bonchev–Trinajstić information content (AvgIpc) is 2.57. The molecule has 1 heterocycles. The van der Waals surface area contributed by atoms with Gasteiger partial charge >= 0.3 is 0 Å². The molecular formula is C18H28N4O. The molecule has 0 radical (unpaired) electrons. The van der Waals surface area contributed by atoms with Crippen LogP contribution in [0.3, 0.4) is 0 Å². The van der Waals surface area contributed by atoms with Crippen molar-refractivity contribution < 1.29 is 4.79 Å². The van der Waals surface area contributed by atoms with Crippen LogP contribution in [-0.4, -0.2) is 43.4 Å². The number of amides is 1. The molecule has 0 aliphatic carbocycles. The summed E-state index contributed by atoms with van der Waals surface area (Å²) >= 11 is 0. The van der Waals surface area contributed by atoms with Gasteiger partial charge in [-0.3, -0.25) is 9.79 Å². The van der Waals surface area contributed by atoms with Crippen molar-refractivity contribution in [3.05, 3.63) is 35.4 Å². The normalized spacial score (nSPS) is 15.1. The lowest BCUT2D eigenvalue weighted by molar-refractivity contribution is -0.128. The van der Waals surface area contributed by atoms with Gasteiger partial charge in [0.25, 0.3) is 0 Å². The first-order valence-corrected chi connectivity index (χ1v) is 8.30. The monoisotopic (exact) mass is 316 g/mol. The predicted octanol–water partition coefficient (Wildman–Crippen LogP) is 1.78. The summed E-state index contributed by atoms with van der Waals surface area (Å²) in [5, 5.41) is 6.07. The van der Waals surface area contributed by atoms with Crippen LogP contribution in [0.15, 0.2) is 29.3 Å². The molecule has 2 N–H and O–H groups in total. The summed E-state index contributed by atoms with van der Waals surface area (Å²) in [5.41, 5.74) is 2.27. The molecule has 1 aromatic carbocycles. The van der Waals surface area contributed by atoms with Crippen molar-refractivity contribution in [2.75, 3.05) is 26.7 Å². The van der Waals surface area contributed by atoms with E-state index in [4.69, 9.17) is 4.99 Å². The van der Waals surface area contributed by atoms with Gasteiger partial charge in [0.15, 0.2) is 5.96 Å². The van der Waals surface area contributed by atoms with Gasteiger partial charge in [0.05, 0.1) is 12.0 Å². The Labute approximate surface area is 139 Å². The number of hydrogen-bond acceptors (Lipinski definition) is 2. The van der Waals surface area contributed by atoms with Crippen LogP contribution in [0.2, 0.25) is 0 Å². The van der Waals surface area contributed by atoms with E-state index in [0.29, 0.717) is 6.54 Å². The van der Waals surface area contributed by atoms with E-state index >= 15 is 0 Å². The summed E-state index contributed by atoms with van der Waals surface area (Å²) in [6.45, 7) is 9.00. The van der Waals surface area contributed by atoms with Crippen LogP contribution in [0.25, 0.3) is 0 Å². The number of fused-ring (bicyclic) bond motifs is 1. The van der Waals surface area contributed by atoms with Gasteiger partial charge in [0.2, 0.25) is 5.91 Å². The van der Waals surface area contributed by atoms with Gasteiger partial charge in [-0.15, -0.1) is 0 Å². The Morgan fingerprint density at radius 2 is 2.00 bits per heavy atom. The summed E-state index contributed by atoms with van der Waals surface area (Å²) in [5.74, 6) is 0.903. The zero-order chi connectivity index (χ0) is 16.9. The van der Waals surface area contributed by atoms with Crippen molar-refractivity contribution in [3.8, 4) is 0 Å². The molecule has 1 aliphatic heterocycles. The molecule has 1 aliphatic rings. The average molecular weight is 316 g/mol. The minimum Gasteiger partial charge on any atom is -0.359 e. The Balaban J connectivity index is 2.13. The minimum atomic E-state index is -0.511.